The number of carbonyl (C=O) groups excluding carboxylic acids is 1. The van der Waals surface area contributed by atoms with Crippen molar-refractivity contribution in [2.24, 2.45) is 0 Å². The van der Waals surface area contributed by atoms with Gasteiger partial charge in [0.05, 0.1) is 19.3 Å². The topological polar surface area (TPSA) is 66.8 Å². The van der Waals surface area contributed by atoms with Crippen molar-refractivity contribution in [2.75, 3.05) is 13.2 Å². The van der Waals surface area contributed by atoms with Crippen molar-refractivity contribution < 1.29 is 19.7 Å². The summed E-state index contributed by atoms with van der Waals surface area (Å²) in [5.41, 5.74) is 0. The predicted molar refractivity (Wildman–Crippen MR) is 141 cm³/mol. The molecule has 0 spiro atoms. The van der Waals surface area contributed by atoms with Gasteiger partial charge in [0.2, 0.25) is 0 Å². The Balaban J connectivity index is 3.79. The first-order chi connectivity index (χ1) is 16.1. The molecule has 0 saturated heterocycles. The quantitative estimate of drug-likeness (QED) is 0.108. The number of carbonyl (C=O) groups is 1. The van der Waals surface area contributed by atoms with Gasteiger partial charge in [-0.2, -0.15) is 0 Å². The molecule has 0 radical (unpaired) electrons. The third kappa shape index (κ3) is 24.0. The molecule has 0 aliphatic rings. The van der Waals surface area contributed by atoms with Crippen LogP contribution in [0.3, 0.4) is 0 Å². The second-order valence-electron chi connectivity index (χ2n) is 9.36. The van der Waals surface area contributed by atoms with Crippen LogP contribution in [0.25, 0.3) is 0 Å². The summed E-state index contributed by atoms with van der Waals surface area (Å²) in [6, 6.07) is 0. The molecule has 0 aromatic heterocycles. The van der Waals surface area contributed by atoms with Crippen LogP contribution in [0.15, 0.2) is 24.3 Å². The van der Waals surface area contributed by atoms with Crippen molar-refractivity contribution in [2.45, 2.75) is 142 Å². The van der Waals surface area contributed by atoms with Crippen LogP contribution in [0.1, 0.15) is 129 Å². The van der Waals surface area contributed by atoms with Crippen LogP contribution in [-0.4, -0.2) is 41.4 Å². The first-order valence-electron chi connectivity index (χ1n) is 13.9. The van der Waals surface area contributed by atoms with Gasteiger partial charge < -0.3 is 14.9 Å². The zero-order valence-electron chi connectivity index (χ0n) is 21.8. The van der Waals surface area contributed by atoms with E-state index in [0.29, 0.717) is 12.8 Å². The Morgan fingerprint density at radius 1 is 0.788 bits per heavy atom. The van der Waals surface area contributed by atoms with Gasteiger partial charge in [0, 0.05) is 12.8 Å². The van der Waals surface area contributed by atoms with Gasteiger partial charge in [-0.05, 0) is 44.9 Å². The normalized spacial score (nSPS) is 13.8. The number of rotatable bonds is 25. The maximum absolute atomic E-state index is 12.4. The Labute approximate surface area is 204 Å². The number of ether oxygens (including phenoxy) is 1. The minimum atomic E-state index is -0.861. The fourth-order valence-corrected chi connectivity index (χ4v) is 3.83. The van der Waals surface area contributed by atoms with E-state index in [4.69, 9.17) is 9.84 Å². The van der Waals surface area contributed by atoms with Gasteiger partial charge in [-0.3, -0.25) is 4.79 Å². The Morgan fingerprint density at radius 2 is 1.36 bits per heavy atom. The molecule has 0 fully saturated rings. The Bertz CT molecular complexity index is 472. The third-order valence-electron chi connectivity index (χ3n) is 5.98. The highest BCUT2D eigenvalue weighted by Crippen LogP contribution is 2.15. The SMILES string of the molecule is CCCCCC=CCC=CCCCCCCCC(=O)CC(CCCCCC)OCC(O)CO. The van der Waals surface area contributed by atoms with Crippen LogP contribution >= 0.6 is 0 Å². The zero-order valence-corrected chi connectivity index (χ0v) is 21.8. The van der Waals surface area contributed by atoms with E-state index >= 15 is 0 Å². The minimum Gasteiger partial charge on any atom is -0.394 e. The lowest BCUT2D eigenvalue weighted by molar-refractivity contribution is -0.123. The average molecular weight is 467 g/mol. The van der Waals surface area contributed by atoms with Crippen LogP contribution in [0.5, 0.6) is 0 Å². The minimum absolute atomic E-state index is 0.103. The number of Topliss-reactive ketones (excluding diaryl/α,β-unsaturated/α-hetero) is 1. The summed E-state index contributed by atoms with van der Waals surface area (Å²) in [5.74, 6) is 0.264. The molecule has 0 aromatic rings. The maximum atomic E-state index is 12.4. The number of ketones is 1. The lowest BCUT2D eigenvalue weighted by Crippen LogP contribution is -2.26. The van der Waals surface area contributed by atoms with E-state index in [1.807, 2.05) is 0 Å². The lowest BCUT2D eigenvalue weighted by Gasteiger charge is -2.19. The summed E-state index contributed by atoms with van der Waals surface area (Å²) >= 11 is 0. The Hall–Kier alpha value is -0.970. The number of hydrogen-bond donors (Lipinski definition) is 2. The molecule has 4 nitrogen and oxygen atoms in total. The molecule has 0 aliphatic heterocycles. The van der Waals surface area contributed by atoms with Gasteiger partial charge in [0.15, 0.2) is 0 Å². The van der Waals surface area contributed by atoms with Crippen molar-refractivity contribution in [1.29, 1.82) is 0 Å². The number of unbranched alkanes of at least 4 members (excludes halogenated alkanes) is 11. The molecule has 2 N–H and O–H groups in total. The Kier molecular flexibility index (Phi) is 24.9. The molecule has 0 amide bonds. The van der Waals surface area contributed by atoms with E-state index in [2.05, 4.69) is 38.2 Å². The lowest BCUT2D eigenvalue weighted by atomic mass is 10.0. The van der Waals surface area contributed by atoms with Gasteiger partial charge >= 0.3 is 0 Å². The van der Waals surface area contributed by atoms with Gasteiger partial charge in [-0.15, -0.1) is 0 Å². The molecule has 0 bridgehead atoms. The molecule has 0 heterocycles. The summed E-state index contributed by atoms with van der Waals surface area (Å²) in [7, 11) is 0. The first kappa shape index (κ1) is 32.0. The van der Waals surface area contributed by atoms with E-state index in [0.717, 1.165) is 44.9 Å². The summed E-state index contributed by atoms with van der Waals surface area (Å²) < 4.78 is 5.73. The van der Waals surface area contributed by atoms with Gasteiger partial charge in [0.25, 0.3) is 0 Å². The summed E-state index contributed by atoms with van der Waals surface area (Å²) in [4.78, 5) is 12.4. The van der Waals surface area contributed by atoms with Crippen LogP contribution < -0.4 is 0 Å². The highest BCUT2D eigenvalue weighted by molar-refractivity contribution is 5.78. The molecule has 33 heavy (non-hydrogen) atoms. The molecule has 2 unspecified atom stereocenters. The fourth-order valence-electron chi connectivity index (χ4n) is 3.83. The number of allylic oxidation sites excluding steroid dienone is 4. The molecular weight excluding hydrogens is 412 g/mol. The van der Waals surface area contributed by atoms with Crippen LogP contribution in [0.4, 0.5) is 0 Å². The zero-order chi connectivity index (χ0) is 24.4. The number of aliphatic hydroxyl groups excluding tert-OH is 2. The maximum Gasteiger partial charge on any atom is 0.135 e. The van der Waals surface area contributed by atoms with E-state index in [1.165, 1.54) is 57.8 Å². The second-order valence-corrected chi connectivity index (χ2v) is 9.36. The number of aliphatic hydroxyl groups is 2. The molecule has 0 saturated carbocycles. The van der Waals surface area contributed by atoms with Gasteiger partial charge in [0.1, 0.15) is 11.9 Å². The third-order valence-corrected chi connectivity index (χ3v) is 5.98. The van der Waals surface area contributed by atoms with Crippen LogP contribution in [-0.2, 0) is 9.53 Å². The predicted octanol–water partition coefficient (Wildman–Crippen LogP) is 7.47. The summed E-state index contributed by atoms with van der Waals surface area (Å²) in [6.45, 7) is 4.22. The first-order valence-corrected chi connectivity index (χ1v) is 13.9. The Morgan fingerprint density at radius 3 is 2.03 bits per heavy atom. The van der Waals surface area contributed by atoms with Crippen LogP contribution in [0.2, 0.25) is 0 Å². The van der Waals surface area contributed by atoms with E-state index in [9.17, 15) is 9.90 Å². The fraction of sp³-hybridized carbons (Fsp3) is 0.828. The molecule has 2 atom stereocenters. The smallest absolute Gasteiger partial charge is 0.135 e. The standard InChI is InChI=1S/C29H54O4/c1-3-5-7-9-10-11-12-13-14-15-16-17-18-19-20-22-27(31)24-29(23-21-8-6-4-2)33-26-28(32)25-30/h10-11,13-14,28-30,32H,3-9,12,15-26H2,1-2H3. The van der Waals surface area contributed by atoms with E-state index in [-0.39, 0.29) is 25.1 Å². The van der Waals surface area contributed by atoms with Gasteiger partial charge in [-0.25, -0.2) is 0 Å². The molecule has 4 heteroatoms. The average Bonchev–Trinajstić information content (AvgIpc) is 2.82. The van der Waals surface area contributed by atoms with Crippen LogP contribution in [0, 0.1) is 0 Å². The largest absolute Gasteiger partial charge is 0.394 e. The van der Waals surface area contributed by atoms with E-state index in [1.54, 1.807) is 0 Å². The van der Waals surface area contributed by atoms with Gasteiger partial charge in [-0.1, -0.05) is 95.9 Å². The summed E-state index contributed by atoms with van der Waals surface area (Å²) in [6.07, 6.45) is 27.7. The van der Waals surface area contributed by atoms with Crippen molar-refractivity contribution >= 4 is 5.78 Å². The van der Waals surface area contributed by atoms with Crippen molar-refractivity contribution in [3.8, 4) is 0 Å². The van der Waals surface area contributed by atoms with Crippen molar-refractivity contribution in [3.63, 3.8) is 0 Å². The summed E-state index contributed by atoms with van der Waals surface area (Å²) in [5, 5.41) is 18.5. The van der Waals surface area contributed by atoms with Crippen molar-refractivity contribution in [3.05, 3.63) is 24.3 Å². The van der Waals surface area contributed by atoms with Crippen molar-refractivity contribution in [1.82, 2.24) is 0 Å². The highest BCUT2D eigenvalue weighted by atomic mass is 16.5. The highest BCUT2D eigenvalue weighted by Gasteiger charge is 2.16. The second kappa shape index (κ2) is 25.6. The monoisotopic (exact) mass is 466 g/mol. The molecule has 0 aromatic carbocycles. The molecule has 0 rings (SSSR count). The molecule has 0 aliphatic carbocycles. The molecule has 194 valence electrons. The molecular formula is C29H54O4. The number of hydrogen-bond acceptors (Lipinski definition) is 4. The van der Waals surface area contributed by atoms with E-state index < -0.39 is 6.10 Å².